The molecule has 2 N–H and O–H groups in total. The molecule has 0 fully saturated rings. The van der Waals surface area contributed by atoms with Gasteiger partial charge in [0.25, 0.3) is 10.0 Å². The molecule has 38 heavy (non-hydrogen) atoms. The Kier molecular flexibility index (Phi) is 9.02. The Hall–Kier alpha value is -3.01. The van der Waals surface area contributed by atoms with Crippen LogP contribution in [-0.2, 0) is 16.6 Å². The van der Waals surface area contributed by atoms with Crippen LogP contribution in [-0.4, -0.2) is 54.2 Å². The Bertz CT molecular complexity index is 1340. The summed E-state index contributed by atoms with van der Waals surface area (Å²) in [5.74, 6) is 0.731. The van der Waals surface area contributed by atoms with E-state index in [0.29, 0.717) is 37.1 Å². The Labute approximate surface area is 226 Å². The number of sulfonamides is 1. The van der Waals surface area contributed by atoms with E-state index < -0.39 is 10.0 Å². The van der Waals surface area contributed by atoms with Crippen molar-refractivity contribution in [2.24, 2.45) is 5.92 Å². The summed E-state index contributed by atoms with van der Waals surface area (Å²) in [6.07, 6.45) is 2.44. The predicted octanol–water partition coefficient (Wildman–Crippen LogP) is 4.94. The van der Waals surface area contributed by atoms with Crippen molar-refractivity contribution in [1.82, 2.24) is 14.9 Å². The zero-order chi connectivity index (χ0) is 27.3. The summed E-state index contributed by atoms with van der Waals surface area (Å²) >= 11 is 0. The highest BCUT2D eigenvalue weighted by Crippen LogP contribution is 2.30. The number of anilines is 1. The summed E-state index contributed by atoms with van der Waals surface area (Å²) in [7, 11) is -3.93. The lowest BCUT2D eigenvalue weighted by molar-refractivity contribution is 0.105. The third-order valence-corrected chi connectivity index (χ3v) is 8.12. The molecule has 0 amide bonds. The number of hydrogen-bond donors (Lipinski definition) is 2. The van der Waals surface area contributed by atoms with Gasteiger partial charge in [0.1, 0.15) is 6.61 Å². The highest BCUT2D eigenvalue weighted by atomic mass is 32.2. The minimum Gasteiger partial charge on any atom is -0.476 e. The van der Waals surface area contributed by atoms with E-state index in [9.17, 15) is 13.5 Å². The van der Waals surface area contributed by atoms with Gasteiger partial charge in [-0.15, -0.1) is 0 Å². The van der Waals surface area contributed by atoms with E-state index in [1.54, 1.807) is 24.3 Å². The van der Waals surface area contributed by atoms with Crippen molar-refractivity contribution in [2.45, 2.75) is 64.4 Å². The molecule has 8 nitrogen and oxygen atoms in total. The summed E-state index contributed by atoms with van der Waals surface area (Å²) < 4.78 is 35.6. The molecule has 4 rings (SSSR count). The zero-order valence-corrected chi connectivity index (χ0v) is 23.5. The van der Waals surface area contributed by atoms with Crippen LogP contribution >= 0.6 is 0 Å². The van der Waals surface area contributed by atoms with Crippen molar-refractivity contribution >= 4 is 16.0 Å². The second-order valence-corrected chi connectivity index (χ2v) is 12.1. The van der Waals surface area contributed by atoms with Gasteiger partial charge in [0, 0.05) is 30.8 Å². The molecular formula is C29H38N4O4S. The average Bonchev–Trinajstić information content (AvgIpc) is 2.85. The first-order chi connectivity index (χ1) is 18.2. The molecule has 2 heterocycles. The van der Waals surface area contributed by atoms with Crippen LogP contribution in [0.15, 0.2) is 53.4 Å². The fraction of sp³-hybridized carbons (Fsp3) is 0.448. The van der Waals surface area contributed by atoms with Gasteiger partial charge >= 0.3 is 0 Å². The average molecular weight is 539 g/mol. The maximum absolute atomic E-state index is 13.4. The van der Waals surface area contributed by atoms with Crippen molar-refractivity contribution < 1.29 is 18.3 Å². The number of aliphatic hydroxyl groups is 1. The highest BCUT2D eigenvalue weighted by Gasteiger charge is 2.24. The molecule has 1 aliphatic rings. The number of rotatable bonds is 7. The lowest BCUT2D eigenvalue weighted by Crippen LogP contribution is -2.41. The van der Waals surface area contributed by atoms with Crippen LogP contribution in [0.3, 0.4) is 0 Å². The Morgan fingerprint density at radius 1 is 1.08 bits per heavy atom. The number of nitrogens with zero attached hydrogens (tertiary/aromatic N) is 3. The maximum atomic E-state index is 13.4. The lowest BCUT2D eigenvalue weighted by atomic mass is 10.00. The monoisotopic (exact) mass is 538 g/mol. The molecule has 0 saturated carbocycles. The molecule has 1 atom stereocenters. The Balaban J connectivity index is 1.83. The minimum absolute atomic E-state index is 0.0231. The van der Waals surface area contributed by atoms with E-state index in [0.717, 1.165) is 41.6 Å². The van der Waals surface area contributed by atoms with E-state index in [1.807, 2.05) is 38.1 Å². The van der Waals surface area contributed by atoms with Crippen molar-refractivity contribution in [2.75, 3.05) is 24.5 Å². The Morgan fingerprint density at radius 3 is 2.53 bits per heavy atom. The number of unbranched alkanes of at least 4 members (excludes halogenated alkanes) is 1. The molecule has 1 aromatic heterocycles. The van der Waals surface area contributed by atoms with Gasteiger partial charge in [0.15, 0.2) is 0 Å². The van der Waals surface area contributed by atoms with Crippen molar-refractivity contribution in [3.63, 3.8) is 0 Å². The SMILES string of the molecule is Cc1cccc(C)c1-c1cc2nc(n1)NS(=O)(=O)c1cccc(c1)CN(CCCCO)[C@H](CC(C)C)CO2. The van der Waals surface area contributed by atoms with Crippen LogP contribution in [0.2, 0.25) is 0 Å². The van der Waals surface area contributed by atoms with E-state index >= 15 is 0 Å². The molecule has 3 aromatic rings. The Morgan fingerprint density at radius 2 is 1.82 bits per heavy atom. The van der Waals surface area contributed by atoms with Crippen molar-refractivity contribution in [3.8, 4) is 17.1 Å². The number of hydrogen-bond acceptors (Lipinski definition) is 7. The van der Waals surface area contributed by atoms with Gasteiger partial charge in [-0.05, 0) is 74.4 Å². The summed E-state index contributed by atoms with van der Waals surface area (Å²) in [6, 6.07) is 14.9. The van der Waals surface area contributed by atoms with Gasteiger partial charge in [0.2, 0.25) is 11.8 Å². The van der Waals surface area contributed by atoms with E-state index in [4.69, 9.17) is 4.74 Å². The number of aromatic nitrogens is 2. The summed E-state index contributed by atoms with van der Waals surface area (Å²) in [6.45, 7) is 10.3. The van der Waals surface area contributed by atoms with Gasteiger partial charge in [0.05, 0.1) is 10.6 Å². The number of aliphatic hydroxyl groups excluding tert-OH is 1. The van der Waals surface area contributed by atoms with Crippen LogP contribution in [0.1, 0.15) is 49.8 Å². The van der Waals surface area contributed by atoms with E-state index in [2.05, 4.69) is 33.4 Å². The number of benzene rings is 2. The molecule has 0 unspecified atom stereocenters. The molecule has 2 aromatic carbocycles. The molecule has 4 bridgehead atoms. The molecule has 1 aliphatic heterocycles. The first kappa shape index (κ1) is 28.0. The van der Waals surface area contributed by atoms with Gasteiger partial charge in [-0.25, -0.2) is 18.1 Å². The fourth-order valence-corrected chi connectivity index (χ4v) is 6.00. The van der Waals surface area contributed by atoms with Crippen LogP contribution < -0.4 is 9.46 Å². The molecule has 9 heteroatoms. The molecular weight excluding hydrogens is 500 g/mol. The summed E-state index contributed by atoms with van der Waals surface area (Å²) in [5, 5.41) is 9.36. The van der Waals surface area contributed by atoms with Crippen LogP contribution in [0.5, 0.6) is 5.88 Å². The zero-order valence-electron chi connectivity index (χ0n) is 22.6. The largest absolute Gasteiger partial charge is 0.476 e. The van der Waals surface area contributed by atoms with Crippen LogP contribution in [0, 0.1) is 19.8 Å². The van der Waals surface area contributed by atoms with Crippen LogP contribution in [0.25, 0.3) is 11.3 Å². The molecule has 0 radical (unpaired) electrons. The molecule has 0 spiro atoms. The molecule has 0 saturated heterocycles. The second kappa shape index (κ2) is 12.2. The fourth-order valence-electron chi connectivity index (χ4n) is 4.98. The first-order valence-electron chi connectivity index (χ1n) is 13.2. The van der Waals surface area contributed by atoms with Gasteiger partial charge in [-0.3, -0.25) is 4.90 Å². The standard InChI is InChI=1S/C29H38N4O4S/c1-20(2)15-24-19-37-27-17-26(28-21(3)9-7-10-22(28)4)30-29(31-27)32-38(35,36)25-12-8-11-23(16-25)18-33(24)13-5-6-14-34/h7-12,16-17,20,24,34H,5-6,13-15,18-19H2,1-4H3,(H,30,31,32)/t24-/m1/s1. The number of nitrogens with one attached hydrogen (secondary N) is 1. The molecule has 0 aliphatic carbocycles. The van der Waals surface area contributed by atoms with Gasteiger partial charge < -0.3 is 9.84 Å². The van der Waals surface area contributed by atoms with Crippen LogP contribution in [0.4, 0.5) is 5.95 Å². The van der Waals surface area contributed by atoms with E-state index in [1.165, 1.54) is 0 Å². The third kappa shape index (κ3) is 6.89. The summed E-state index contributed by atoms with van der Waals surface area (Å²) in [4.78, 5) is 11.6. The molecule has 204 valence electrons. The number of fused-ring (bicyclic) bond motifs is 4. The van der Waals surface area contributed by atoms with E-state index in [-0.39, 0.29) is 23.5 Å². The number of ether oxygens (including phenoxy) is 1. The predicted molar refractivity (Wildman–Crippen MR) is 150 cm³/mol. The second-order valence-electron chi connectivity index (χ2n) is 10.4. The normalized spacial score (nSPS) is 17.6. The van der Waals surface area contributed by atoms with Gasteiger partial charge in [-0.1, -0.05) is 44.2 Å². The van der Waals surface area contributed by atoms with Crippen molar-refractivity contribution in [1.29, 1.82) is 0 Å². The quantitative estimate of drug-likeness (QED) is 0.411. The number of aryl methyl sites for hydroxylation is 2. The van der Waals surface area contributed by atoms with Crippen molar-refractivity contribution in [3.05, 3.63) is 65.2 Å². The third-order valence-electron chi connectivity index (χ3n) is 6.80. The maximum Gasteiger partial charge on any atom is 0.264 e. The minimum atomic E-state index is -3.93. The topological polar surface area (TPSA) is 105 Å². The highest BCUT2D eigenvalue weighted by molar-refractivity contribution is 7.92. The lowest BCUT2D eigenvalue weighted by Gasteiger charge is -2.33. The van der Waals surface area contributed by atoms with Gasteiger partial charge in [-0.2, -0.15) is 4.98 Å². The first-order valence-corrected chi connectivity index (χ1v) is 14.7. The summed E-state index contributed by atoms with van der Waals surface area (Å²) in [5.41, 5.74) is 4.49. The smallest absolute Gasteiger partial charge is 0.264 e.